The Kier molecular flexibility index (Phi) is 5.17. The van der Waals surface area contributed by atoms with Crippen molar-refractivity contribution in [2.24, 2.45) is 5.73 Å². The number of benzene rings is 1. The molecular weight excluding hydrogens is 224 g/mol. The monoisotopic (exact) mass is 248 g/mol. The molecular formula is C15H24N2O. The van der Waals surface area contributed by atoms with Gasteiger partial charge < -0.3 is 10.5 Å². The summed E-state index contributed by atoms with van der Waals surface area (Å²) in [5.74, 6) is 0. The van der Waals surface area contributed by atoms with Crippen molar-refractivity contribution >= 4 is 0 Å². The van der Waals surface area contributed by atoms with Gasteiger partial charge in [-0.25, -0.2) is 0 Å². The zero-order valence-corrected chi connectivity index (χ0v) is 11.2. The first-order valence-electron chi connectivity index (χ1n) is 6.89. The van der Waals surface area contributed by atoms with Crippen LogP contribution < -0.4 is 5.73 Å². The summed E-state index contributed by atoms with van der Waals surface area (Å²) in [6.07, 6.45) is 2.77. The summed E-state index contributed by atoms with van der Waals surface area (Å²) < 4.78 is 6.00. The minimum atomic E-state index is 0.289. The molecule has 0 bridgehead atoms. The van der Waals surface area contributed by atoms with Crippen LogP contribution >= 0.6 is 0 Å². The second-order valence-corrected chi connectivity index (χ2v) is 5.16. The van der Waals surface area contributed by atoms with Gasteiger partial charge in [0.1, 0.15) is 0 Å². The molecule has 1 fully saturated rings. The number of hydrogen-bond donors (Lipinski definition) is 1. The highest BCUT2D eigenvalue weighted by atomic mass is 16.5. The van der Waals surface area contributed by atoms with E-state index in [2.05, 4.69) is 42.2 Å². The van der Waals surface area contributed by atoms with Crippen LogP contribution in [0.1, 0.15) is 25.3 Å². The van der Waals surface area contributed by atoms with E-state index in [0.717, 1.165) is 32.5 Å². The number of likely N-dealkylation sites (tertiary alicyclic amines) is 1. The van der Waals surface area contributed by atoms with Crippen molar-refractivity contribution in [2.45, 2.75) is 38.5 Å². The van der Waals surface area contributed by atoms with Crippen LogP contribution in [0.4, 0.5) is 0 Å². The molecule has 1 aliphatic heterocycles. The Hall–Kier alpha value is -0.900. The molecule has 3 heteroatoms. The maximum Gasteiger partial charge on any atom is 0.0717 e. The molecule has 1 saturated heterocycles. The number of ether oxygens (including phenoxy) is 1. The lowest BCUT2D eigenvalue weighted by Gasteiger charge is -2.19. The maximum atomic E-state index is 6.00. The van der Waals surface area contributed by atoms with E-state index in [9.17, 15) is 0 Å². The van der Waals surface area contributed by atoms with Gasteiger partial charge in [-0.15, -0.1) is 0 Å². The van der Waals surface area contributed by atoms with Crippen molar-refractivity contribution in [1.82, 2.24) is 4.90 Å². The van der Waals surface area contributed by atoms with Crippen molar-refractivity contribution in [3.05, 3.63) is 35.9 Å². The van der Waals surface area contributed by atoms with Gasteiger partial charge in [-0.2, -0.15) is 0 Å². The molecule has 1 aromatic carbocycles. The fraction of sp³-hybridized carbons (Fsp3) is 0.600. The summed E-state index contributed by atoms with van der Waals surface area (Å²) in [5, 5.41) is 0. The zero-order chi connectivity index (χ0) is 12.8. The van der Waals surface area contributed by atoms with E-state index in [4.69, 9.17) is 10.5 Å². The van der Waals surface area contributed by atoms with Gasteiger partial charge in [0, 0.05) is 19.6 Å². The fourth-order valence-corrected chi connectivity index (χ4v) is 2.52. The lowest BCUT2D eigenvalue weighted by molar-refractivity contribution is 0.000851. The van der Waals surface area contributed by atoms with Crippen LogP contribution in [0.5, 0.6) is 0 Å². The van der Waals surface area contributed by atoms with Gasteiger partial charge in [0.2, 0.25) is 0 Å². The van der Waals surface area contributed by atoms with E-state index in [1.54, 1.807) is 0 Å². The van der Waals surface area contributed by atoms with Crippen LogP contribution in [0.3, 0.4) is 0 Å². The Labute approximate surface area is 110 Å². The summed E-state index contributed by atoms with van der Waals surface area (Å²) in [6, 6.07) is 10.6. The molecule has 1 aliphatic rings. The second kappa shape index (κ2) is 6.88. The third-order valence-corrected chi connectivity index (χ3v) is 3.48. The van der Waals surface area contributed by atoms with E-state index in [1.807, 2.05) is 0 Å². The molecule has 0 amide bonds. The highest BCUT2D eigenvalue weighted by Crippen LogP contribution is 2.17. The van der Waals surface area contributed by atoms with Gasteiger partial charge >= 0.3 is 0 Å². The molecule has 0 aliphatic carbocycles. The number of nitrogens with zero attached hydrogens (tertiary/aromatic N) is 1. The van der Waals surface area contributed by atoms with Crippen molar-refractivity contribution in [1.29, 1.82) is 0 Å². The first-order chi connectivity index (χ1) is 8.78. The van der Waals surface area contributed by atoms with Crippen LogP contribution in [0.15, 0.2) is 30.3 Å². The molecule has 2 unspecified atom stereocenters. The molecule has 0 radical (unpaired) electrons. The Bertz CT molecular complexity index is 342. The highest BCUT2D eigenvalue weighted by Gasteiger charge is 2.24. The van der Waals surface area contributed by atoms with E-state index in [1.165, 1.54) is 5.56 Å². The van der Waals surface area contributed by atoms with Crippen LogP contribution in [0, 0.1) is 0 Å². The maximum absolute atomic E-state index is 6.00. The molecule has 100 valence electrons. The third kappa shape index (κ3) is 4.09. The second-order valence-electron chi connectivity index (χ2n) is 5.16. The van der Waals surface area contributed by atoms with Gasteiger partial charge in [0.05, 0.1) is 12.2 Å². The third-order valence-electron chi connectivity index (χ3n) is 3.48. The number of rotatable bonds is 6. The molecule has 0 aromatic heterocycles. The predicted molar refractivity (Wildman–Crippen MR) is 74.3 cm³/mol. The van der Waals surface area contributed by atoms with Crippen LogP contribution in [-0.4, -0.2) is 36.7 Å². The first-order valence-corrected chi connectivity index (χ1v) is 6.89. The zero-order valence-electron chi connectivity index (χ0n) is 11.2. The van der Waals surface area contributed by atoms with Gasteiger partial charge in [-0.1, -0.05) is 30.3 Å². The van der Waals surface area contributed by atoms with E-state index >= 15 is 0 Å². The van der Waals surface area contributed by atoms with Gasteiger partial charge in [-0.05, 0) is 31.9 Å². The van der Waals surface area contributed by atoms with Crippen LogP contribution in [0.25, 0.3) is 0 Å². The molecule has 18 heavy (non-hydrogen) atoms. The molecule has 0 spiro atoms. The van der Waals surface area contributed by atoms with Gasteiger partial charge in [-0.3, -0.25) is 4.90 Å². The summed E-state index contributed by atoms with van der Waals surface area (Å²) >= 11 is 0. The highest BCUT2D eigenvalue weighted by molar-refractivity contribution is 5.14. The number of hydrogen-bond acceptors (Lipinski definition) is 3. The largest absolute Gasteiger partial charge is 0.374 e. The quantitative estimate of drug-likeness (QED) is 0.837. The molecule has 2 rings (SSSR count). The standard InChI is InChI=1S/C15H24N2O/c1-13(7-9-16)18-15-8-10-17(12-15)11-14-5-3-2-4-6-14/h2-6,13,15H,7-12,16H2,1H3. The summed E-state index contributed by atoms with van der Waals surface area (Å²) in [5.41, 5.74) is 6.93. The average molecular weight is 248 g/mol. The van der Waals surface area contributed by atoms with Crippen LogP contribution in [0.2, 0.25) is 0 Å². The van der Waals surface area contributed by atoms with Crippen LogP contribution in [-0.2, 0) is 11.3 Å². The Balaban J connectivity index is 1.75. The smallest absolute Gasteiger partial charge is 0.0717 e. The molecule has 0 saturated carbocycles. The predicted octanol–water partition coefficient (Wildman–Crippen LogP) is 2.01. The van der Waals surface area contributed by atoms with Crippen molar-refractivity contribution in [3.8, 4) is 0 Å². The minimum Gasteiger partial charge on any atom is -0.374 e. The molecule has 1 aromatic rings. The molecule has 3 nitrogen and oxygen atoms in total. The minimum absolute atomic E-state index is 0.289. The van der Waals surface area contributed by atoms with Crippen molar-refractivity contribution in [2.75, 3.05) is 19.6 Å². The van der Waals surface area contributed by atoms with Gasteiger partial charge in [0.15, 0.2) is 0 Å². The lowest BCUT2D eigenvalue weighted by atomic mass is 10.2. The van der Waals surface area contributed by atoms with Crippen molar-refractivity contribution in [3.63, 3.8) is 0 Å². The Morgan fingerprint density at radius 2 is 2.17 bits per heavy atom. The van der Waals surface area contributed by atoms with E-state index in [-0.39, 0.29) is 6.10 Å². The summed E-state index contributed by atoms with van der Waals surface area (Å²) in [4.78, 5) is 2.47. The van der Waals surface area contributed by atoms with E-state index < -0.39 is 0 Å². The van der Waals surface area contributed by atoms with Crippen molar-refractivity contribution < 1.29 is 4.74 Å². The summed E-state index contributed by atoms with van der Waals surface area (Å²) in [6.45, 7) is 6.04. The molecule has 2 N–H and O–H groups in total. The lowest BCUT2D eigenvalue weighted by Crippen LogP contribution is -2.26. The topological polar surface area (TPSA) is 38.5 Å². The summed E-state index contributed by atoms with van der Waals surface area (Å²) in [7, 11) is 0. The van der Waals surface area contributed by atoms with E-state index in [0.29, 0.717) is 12.6 Å². The molecule has 1 heterocycles. The van der Waals surface area contributed by atoms with Gasteiger partial charge in [0.25, 0.3) is 0 Å². The number of nitrogens with two attached hydrogens (primary N) is 1. The SMILES string of the molecule is CC(CCN)OC1CCN(Cc2ccccc2)C1. The Morgan fingerprint density at radius 3 is 2.89 bits per heavy atom. The average Bonchev–Trinajstić information content (AvgIpc) is 2.78. The molecule has 2 atom stereocenters. The normalized spacial score (nSPS) is 22.2. The fourth-order valence-electron chi connectivity index (χ4n) is 2.52. The first kappa shape index (κ1) is 13.5. The Morgan fingerprint density at radius 1 is 1.39 bits per heavy atom.